The van der Waals surface area contributed by atoms with Crippen LogP contribution in [-0.2, 0) is 6.42 Å². The lowest BCUT2D eigenvalue weighted by Crippen LogP contribution is -2.35. The van der Waals surface area contributed by atoms with E-state index in [1.54, 1.807) is 0 Å². The van der Waals surface area contributed by atoms with Crippen molar-refractivity contribution in [3.05, 3.63) is 35.4 Å². The van der Waals surface area contributed by atoms with E-state index >= 15 is 0 Å². The van der Waals surface area contributed by atoms with Gasteiger partial charge in [0, 0.05) is 18.7 Å². The van der Waals surface area contributed by atoms with Crippen molar-refractivity contribution in [3.63, 3.8) is 0 Å². The molecule has 1 aromatic carbocycles. The van der Waals surface area contributed by atoms with Crippen molar-refractivity contribution in [3.8, 4) is 0 Å². The van der Waals surface area contributed by atoms with Gasteiger partial charge in [-0.1, -0.05) is 32.9 Å². The van der Waals surface area contributed by atoms with E-state index in [1.165, 1.54) is 12.0 Å². The van der Waals surface area contributed by atoms with Gasteiger partial charge in [-0.2, -0.15) is 0 Å². The first-order chi connectivity index (χ1) is 8.81. The summed E-state index contributed by atoms with van der Waals surface area (Å²) in [5, 5.41) is 0. The lowest BCUT2D eigenvalue weighted by molar-refractivity contribution is 0.0724. The van der Waals surface area contributed by atoms with Crippen LogP contribution in [0.2, 0.25) is 0 Å². The molecule has 0 bridgehead atoms. The number of hydrogen-bond acceptors (Lipinski definition) is 1. The summed E-state index contributed by atoms with van der Waals surface area (Å²) in [6.45, 7) is 7.97. The summed E-state index contributed by atoms with van der Waals surface area (Å²) in [4.78, 5) is 14.2. The van der Waals surface area contributed by atoms with Crippen LogP contribution in [0, 0.1) is 0 Å². The monoisotopic (exact) mass is 247 g/mol. The molecule has 1 aliphatic heterocycles. The molecule has 0 saturated carbocycles. The van der Waals surface area contributed by atoms with Crippen molar-refractivity contribution in [1.29, 1.82) is 0 Å². The normalized spacial score (nSPS) is 14.7. The van der Waals surface area contributed by atoms with Crippen molar-refractivity contribution < 1.29 is 4.79 Å². The van der Waals surface area contributed by atoms with Crippen LogP contribution in [0.5, 0.6) is 0 Å². The molecule has 1 saturated heterocycles. The fraction of sp³-hybridized carbons (Fsp3) is 0.562. The van der Waals surface area contributed by atoms with E-state index in [0.29, 0.717) is 0 Å². The molecule has 0 unspecified atom stereocenters. The topological polar surface area (TPSA) is 20.3 Å². The maximum absolute atomic E-state index is 12.2. The molecule has 1 heterocycles. The van der Waals surface area contributed by atoms with Gasteiger partial charge >= 0.3 is 0 Å². The molecule has 1 aromatic rings. The zero-order chi connectivity index (χ0) is 13.4. The molecule has 0 N–H and O–H groups in total. The number of carbonyl (C=O) groups excluding carboxylic acids is 1. The number of likely N-dealkylation sites (tertiary alicyclic amines) is 1. The summed E-state index contributed by atoms with van der Waals surface area (Å²) in [5.41, 5.74) is 2.09. The minimum atomic E-state index is 0.204. The zero-order valence-electron chi connectivity index (χ0n) is 11.9. The number of rotatable bonds is 2. The highest BCUT2D eigenvalue weighted by Gasteiger charge is 2.17. The second-order valence-electron chi connectivity index (χ2n) is 4.41. The Morgan fingerprint density at radius 3 is 2.44 bits per heavy atom. The van der Waals surface area contributed by atoms with Crippen LogP contribution >= 0.6 is 0 Å². The van der Waals surface area contributed by atoms with Crippen LogP contribution < -0.4 is 0 Å². The first kappa shape index (κ1) is 14.7. The smallest absolute Gasteiger partial charge is 0.253 e. The number of amides is 1. The number of benzene rings is 1. The largest absolute Gasteiger partial charge is 0.339 e. The van der Waals surface area contributed by atoms with Crippen molar-refractivity contribution in [2.24, 2.45) is 0 Å². The highest BCUT2D eigenvalue weighted by molar-refractivity contribution is 5.94. The molecular weight excluding hydrogens is 222 g/mol. The van der Waals surface area contributed by atoms with Crippen molar-refractivity contribution in [2.45, 2.75) is 46.5 Å². The fourth-order valence-electron chi connectivity index (χ4n) is 2.20. The fourth-order valence-corrected chi connectivity index (χ4v) is 2.20. The number of aryl methyl sites for hydroxylation is 1. The van der Waals surface area contributed by atoms with Gasteiger partial charge < -0.3 is 4.90 Å². The molecule has 2 rings (SSSR count). The Kier molecular flexibility index (Phi) is 6.48. The second kappa shape index (κ2) is 7.91. The van der Waals surface area contributed by atoms with Crippen LogP contribution in [0.3, 0.4) is 0 Å². The van der Waals surface area contributed by atoms with E-state index in [-0.39, 0.29) is 5.91 Å². The molecule has 0 spiro atoms. The molecule has 1 aliphatic rings. The number of carbonyl (C=O) groups is 1. The molecule has 0 aliphatic carbocycles. The summed E-state index contributed by atoms with van der Waals surface area (Å²) in [7, 11) is 0. The third kappa shape index (κ3) is 3.86. The van der Waals surface area contributed by atoms with Gasteiger partial charge in [0.15, 0.2) is 0 Å². The van der Waals surface area contributed by atoms with E-state index in [2.05, 4.69) is 13.0 Å². The summed E-state index contributed by atoms with van der Waals surface area (Å²) in [6, 6.07) is 8.01. The van der Waals surface area contributed by atoms with Crippen LogP contribution in [0.15, 0.2) is 24.3 Å². The average molecular weight is 247 g/mol. The summed E-state index contributed by atoms with van der Waals surface area (Å²) in [5.74, 6) is 0.204. The Balaban J connectivity index is 0.000000771. The Morgan fingerprint density at radius 1 is 1.17 bits per heavy atom. The molecule has 100 valence electrons. The van der Waals surface area contributed by atoms with Gasteiger partial charge in [0.1, 0.15) is 0 Å². The van der Waals surface area contributed by atoms with Gasteiger partial charge in [-0.25, -0.2) is 0 Å². The molecule has 0 aromatic heterocycles. The molecule has 2 heteroatoms. The van der Waals surface area contributed by atoms with Gasteiger partial charge in [0.05, 0.1) is 0 Å². The number of piperidine rings is 1. The molecule has 18 heavy (non-hydrogen) atoms. The Labute approximate surface area is 111 Å². The van der Waals surface area contributed by atoms with Crippen LogP contribution in [0.1, 0.15) is 56.0 Å². The van der Waals surface area contributed by atoms with Crippen LogP contribution in [0.25, 0.3) is 0 Å². The van der Waals surface area contributed by atoms with Gasteiger partial charge in [-0.05, 0) is 43.4 Å². The van der Waals surface area contributed by atoms with E-state index in [4.69, 9.17) is 0 Å². The van der Waals surface area contributed by atoms with E-state index in [1.807, 2.05) is 36.9 Å². The Hall–Kier alpha value is -1.31. The molecule has 0 radical (unpaired) electrons. The maximum Gasteiger partial charge on any atom is 0.253 e. The highest BCUT2D eigenvalue weighted by Crippen LogP contribution is 2.14. The van der Waals surface area contributed by atoms with E-state index in [0.717, 1.165) is 37.9 Å². The summed E-state index contributed by atoms with van der Waals surface area (Å²) in [6.07, 6.45) is 4.55. The molecule has 1 amide bonds. The quantitative estimate of drug-likeness (QED) is 0.776. The maximum atomic E-state index is 12.2. The summed E-state index contributed by atoms with van der Waals surface area (Å²) >= 11 is 0. The van der Waals surface area contributed by atoms with Crippen LogP contribution in [-0.4, -0.2) is 23.9 Å². The predicted molar refractivity (Wildman–Crippen MR) is 76.9 cm³/mol. The summed E-state index contributed by atoms with van der Waals surface area (Å²) < 4.78 is 0. The molecular formula is C16H25NO. The second-order valence-corrected chi connectivity index (χ2v) is 4.41. The third-order valence-corrected chi connectivity index (χ3v) is 3.23. The van der Waals surface area contributed by atoms with Crippen molar-refractivity contribution in [1.82, 2.24) is 4.90 Å². The molecule has 1 fully saturated rings. The van der Waals surface area contributed by atoms with Crippen LogP contribution in [0.4, 0.5) is 0 Å². The lowest BCUT2D eigenvalue weighted by Gasteiger charge is -2.26. The highest BCUT2D eigenvalue weighted by atomic mass is 16.2. The standard InChI is InChI=1S/C14H19NO.C2H6/c1-2-12-7-6-8-13(11-12)14(16)15-9-4-3-5-10-15;1-2/h6-8,11H,2-5,9-10H2,1H3;1-2H3. The van der Waals surface area contributed by atoms with Crippen molar-refractivity contribution in [2.75, 3.05) is 13.1 Å². The van der Waals surface area contributed by atoms with Gasteiger partial charge in [0.2, 0.25) is 0 Å². The van der Waals surface area contributed by atoms with E-state index in [9.17, 15) is 4.79 Å². The van der Waals surface area contributed by atoms with E-state index < -0.39 is 0 Å². The van der Waals surface area contributed by atoms with Gasteiger partial charge in [0.25, 0.3) is 5.91 Å². The average Bonchev–Trinajstić information content (AvgIpc) is 2.49. The number of hydrogen-bond donors (Lipinski definition) is 0. The Bertz CT molecular complexity index is 367. The van der Waals surface area contributed by atoms with Gasteiger partial charge in [-0.15, -0.1) is 0 Å². The van der Waals surface area contributed by atoms with Crippen molar-refractivity contribution >= 4 is 5.91 Å². The lowest BCUT2D eigenvalue weighted by atomic mass is 10.1. The number of nitrogens with zero attached hydrogens (tertiary/aromatic N) is 1. The molecule has 0 atom stereocenters. The first-order valence-electron chi connectivity index (χ1n) is 7.19. The predicted octanol–water partition coefficient (Wildman–Crippen LogP) is 3.90. The van der Waals surface area contributed by atoms with Gasteiger partial charge in [-0.3, -0.25) is 4.79 Å². The molecule has 2 nitrogen and oxygen atoms in total. The minimum absolute atomic E-state index is 0.204. The third-order valence-electron chi connectivity index (χ3n) is 3.23. The minimum Gasteiger partial charge on any atom is -0.339 e. The Morgan fingerprint density at radius 2 is 1.83 bits per heavy atom. The zero-order valence-corrected chi connectivity index (χ0v) is 11.9. The SMILES string of the molecule is CC.CCc1cccc(C(=O)N2CCCCC2)c1. The first-order valence-corrected chi connectivity index (χ1v) is 7.19.